The second-order valence-electron chi connectivity index (χ2n) is 5.96. The third kappa shape index (κ3) is 3.84. The van der Waals surface area contributed by atoms with Gasteiger partial charge in [0, 0.05) is 12.6 Å². The average Bonchev–Trinajstić information content (AvgIpc) is 2.83. The van der Waals surface area contributed by atoms with Crippen molar-refractivity contribution in [1.29, 1.82) is 0 Å². The van der Waals surface area contributed by atoms with Gasteiger partial charge in [-0.25, -0.2) is 13.1 Å². The summed E-state index contributed by atoms with van der Waals surface area (Å²) in [7, 11) is -3.54. The lowest BCUT2D eigenvalue weighted by Crippen LogP contribution is -2.38. The number of aromatic amines is 1. The quantitative estimate of drug-likeness (QED) is 0.745. The number of aryl methyl sites for hydroxylation is 1. The molecule has 1 aromatic heterocycles. The van der Waals surface area contributed by atoms with Crippen molar-refractivity contribution < 1.29 is 8.42 Å². The molecule has 0 spiro atoms. The number of rotatable bonds is 6. The summed E-state index contributed by atoms with van der Waals surface area (Å²) in [5.74, 6) is 0.756. The van der Waals surface area contributed by atoms with Crippen LogP contribution < -0.4 is 10.5 Å². The molecule has 7 heteroatoms. The molecule has 0 aliphatic heterocycles. The molecule has 120 valence electrons. The topological polar surface area (TPSA) is 101 Å². The number of nitrogens with one attached hydrogen (secondary N) is 2. The Morgan fingerprint density at radius 3 is 2.57 bits per heavy atom. The molecule has 1 aliphatic rings. The number of nitrogens with two attached hydrogens (primary N) is 1. The Hall–Kier alpha value is -0.920. The minimum Gasteiger partial charge on any atom is -0.325 e. The van der Waals surface area contributed by atoms with Gasteiger partial charge in [-0.05, 0) is 38.5 Å². The maximum atomic E-state index is 12.5. The lowest BCUT2D eigenvalue weighted by atomic mass is 9.84. The second-order valence-corrected chi connectivity index (χ2v) is 7.61. The van der Waals surface area contributed by atoms with Crippen LogP contribution in [-0.4, -0.2) is 24.7 Å². The summed E-state index contributed by atoms with van der Waals surface area (Å²) in [5.41, 5.74) is 6.52. The molecule has 1 aromatic rings. The molecule has 0 saturated heterocycles. The highest BCUT2D eigenvalue weighted by Crippen LogP contribution is 2.29. The molecule has 2 rings (SSSR count). The summed E-state index contributed by atoms with van der Waals surface area (Å²) in [4.78, 5) is 0.223. The maximum absolute atomic E-state index is 12.5. The number of sulfonamides is 1. The maximum Gasteiger partial charge on any atom is 0.244 e. The molecule has 0 bridgehead atoms. The smallest absolute Gasteiger partial charge is 0.244 e. The molecule has 1 heterocycles. The third-order valence-electron chi connectivity index (χ3n) is 4.29. The van der Waals surface area contributed by atoms with Gasteiger partial charge < -0.3 is 5.73 Å². The van der Waals surface area contributed by atoms with E-state index in [1.807, 2.05) is 0 Å². The van der Waals surface area contributed by atoms with Crippen LogP contribution in [0, 0.1) is 12.8 Å². The molecule has 0 radical (unpaired) electrons. The van der Waals surface area contributed by atoms with Crippen molar-refractivity contribution in [2.24, 2.45) is 11.7 Å². The highest BCUT2D eigenvalue weighted by atomic mass is 32.2. The van der Waals surface area contributed by atoms with Crippen LogP contribution >= 0.6 is 0 Å². The third-order valence-corrected chi connectivity index (χ3v) is 6.01. The Bertz CT molecular complexity index is 560. The standard InChI is InChI=1S/C14H26N4O2S/c1-3-4-11-5-7-12(8-6-11)18-21(19,20)14-10(2)16-17-13(14)9-15/h11-12,18H,3-9,15H2,1-2H3,(H,16,17). The summed E-state index contributed by atoms with van der Waals surface area (Å²) in [6.07, 6.45) is 6.49. The summed E-state index contributed by atoms with van der Waals surface area (Å²) in [5, 5.41) is 6.67. The van der Waals surface area contributed by atoms with E-state index in [1.54, 1.807) is 6.92 Å². The van der Waals surface area contributed by atoms with E-state index in [9.17, 15) is 8.42 Å². The van der Waals surface area contributed by atoms with Crippen LogP contribution in [0.1, 0.15) is 56.8 Å². The minimum atomic E-state index is -3.54. The molecular weight excluding hydrogens is 288 g/mol. The predicted octanol–water partition coefficient (Wildman–Crippen LogP) is 1.81. The van der Waals surface area contributed by atoms with Crippen LogP contribution in [0.3, 0.4) is 0 Å². The van der Waals surface area contributed by atoms with Gasteiger partial charge >= 0.3 is 0 Å². The van der Waals surface area contributed by atoms with Crippen molar-refractivity contribution in [2.45, 2.75) is 69.9 Å². The first kappa shape index (κ1) is 16.5. The predicted molar refractivity (Wildman–Crippen MR) is 82.2 cm³/mol. The Kier molecular flexibility index (Phi) is 5.40. The van der Waals surface area contributed by atoms with Crippen LogP contribution in [0.25, 0.3) is 0 Å². The minimum absolute atomic E-state index is 0.0306. The van der Waals surface area contributed by atoms with Crippen molar-refractivity contribution in [2.75, 3.05) is 0 Å². The van der Waals surface area contributed by atoms with Gasteiger partial charge in [-0.3, -0.25) is 5.10 Å². The van der Waals surface area contributed by atoms with E-state index < -0.39 is 10.0 Å². The fourth-order valence-electron chi connectivity index (χ4n) is 3.22. The number of H-pyrrole nitrogens is 1. The zero-order valence-electron chi connectivity index (χ0n) is 12.9. The summed E-state index contributed by atoms with van der Waals surface area (Å²) < 4.78 is 27.9. The first-order valence-corrected chi connectivity index (χ1v) is 9.22. The van der Waals surface area contributed by atoms with Crippen LogP contribution in [-0.2, 0) is 16.6 Å². The largest absolute Gasteiger partial charge is 0.325 e. The number of hydrogen-bond acceptors (Lipinski definition) is 4. The fraction of sp³-hybridized carbons (Fsp3) is 0.786. The molecule has 1 aliphatic carbocycles. The summed E-state index contributed by atoms with van der Waals surface area (Å²) in [6, 6.07) is 0.0306. The van der Waals surface area contributed by atoms with Crippen molar-refractivity contribution >= 4 is 10.0 Å². The van der Waals surface area contributed by atoms with E-state index in [2.05, 4.69) is 21.8 Å². The normalized spacial score (nSPS) is 23.4. The molecule has 4 N–H and O–H groups in total. The Labute approximate surface area is 126 Å². The zero-order chi connectivity index (χ0) is 15.5. The molecule has 1 fully saturated rings. The van der Waals surface area contributed by atoms with Crippen LogP contribution in [0.5, 0.6) is 0 Å². The second kappa shape index (κ2) is 6.89. The van der Waals surface area contributed by atoms with Crippen molar-refractivity contribution in [1.82, 2.24) is 14.9 Å². The fourth-order valence-corrected chi connectivity index (χ4v) is 4.90. The van der Waals surface area contributed by atoms with E-state index in [4.69, 9.17) is 5.73 Å². The van der Waals surface area contributed by atoms with E-state index in [-0.39, 0.29) is 17.5 Å². The van der Waals surface area contributed by atoms with E-state index >= 15 is 0 Å². The van der Waals surface area contributed by atoms with E-state index in [0.717, 1.165) is 31.6 Å². The van der Waals surface area contributed by atoms with Gasteiger partial charge in [0.2, 0.25) is 10.0 Å². The monoisotopic (exact) mass is 314 g/mol. The average molecular weight is 314 g/mol. The van der Waals surface area contributed by atoms with Crippen molar-refractivity contribution in [3.8, 4) is 0 Å². The molecule has 0 unspecified atom stereocenters. The Morgan fingerprint density at radius 1 is 1.33 bits per heavy atom. The molecule has 21 heavy (non-hydrogen) atoms. The van der Waals surface area contributed by atoms with Gasteiger partial charge in [0.1, 0.15) is 4.90 Å². The SMILES string of the molecule is CCCC1CCC(NS(=O)(=O)c2c(CN)n[nH]c2C)CC1. The molecule has 0 aromatic carbocycles. The Balaban J connectivity index is 2.04. The number of aromatic nitrogens is 2. The summed E-state index contributed by atoms with van der Waals surface area (Å²) >= 11 is 0. The summed E-state index contributed by atoms with van der Waals surface area (Å²) in [6.45, 7) is 4.02. The molecule has 0 atom stereocenters. The molecular formula is C14H26N4O2S. The number of nitrogens with zero attached hydrogens (tertiary/aromatic N) is 1. The van der Waals surface area contributed by atoms with Gasteiger partial charge in [-0.1, -0.05) is 19.8 Å². The lowest BCUT2D eigenvalue weighted by Gasteiger charge is -2.28. The first-order chi connectivity index (χ1) is 9.97. The zero-order valence-corrected chi connectivity index (χ0v) is 13.7. The van der Waals surface area contributed by atoms with Crippen LogP contribution in [0.4, 0.5) is 0 Å². The van der Waals surface area contributed by atoms with Crippen molar-refractivity contribution in [3.63, 3.8) is 0 Å². The number of hydrogen-bond donors (Lipinski definition) is 3. The highest BCUT2D eigenvalue weighted by Gasteiger charge is 2.29. The van der Waals surface area contributed by atoms with Crippen LogP contribution in [0.2, 0.25) is 0 Å². The molecule has 1 saturated carbocycles. The van der Waals surface area contributed by atoms with Crippen molar-refractivity contribution in [3.05, 3.63) is 11.4 Å². The van der Waals surface area contributed by atoms with E-state index in [0.29, 0.717) is 11.4 Å². The van der Waals surface area contributed by atoms with Gasteiger partial charge in [0.15, 0.2) is 0 Å². The van der Waals surface area contributed by atoms with E-state index in [1.165, 1.54) is 12.8 Å². The molecule has 6 nitrogen and oxygen atoms in total. The first-order valence-electron chi connectivity index (χ1n) is 7.74. The van der Waals surface area contributed by atoms with Gasteiger partial charge in [-0.2, -0.15) is 5.10 Å². The lowest BCUT2D eigenvalue weighted by molar-refractivity contribution is 0.297. The van der Waals surface area contributed by atoms with Gasteiger partial charge in [0.05, 0.1) is 11.4 Å². The van der Waals surface area contributed by atoms with Gasteiger partial charge in [-0.15, -0.1) is 0 Å². The highest BCUT2D eigenvalue weighted by molar-refractivity contribution is 7.89. The van der Waals surface area contributed by atoms with Crippen LogP contribution in [0.15, 0.2) is 4.90 Å². The Morgan fingerprint density at radius 2 is 2.00 bits per heavy atom. The molecule has 0 amide bonds. The van der Waals surface area contributed by atoms with Gasteiger partial charge in [0.25, 0.3) is 0 Å².